The van der Waals surface area contributed by atoms with Crippen LogP contribution in [-0.4, -0.2) is 34.4 Å². The van der Waals surface area contributed by atoms with E-state index in [0.29, 0.717) is 6.54 Å². The molecule has 6 heteroatoms. The minimum Gasteiger partial charge on any atom is -0.502 e. The molecule has 0 saturated carbocycles. The summed E-state index contributed by atoms with van der Waals surface area (Å²) in [6, 6.07) is 3.93. The van der Waals surface area contributed by atoms with E-state index < -0.39 is 22.3 Å². The quantitative estimate of drug-likeness (QED) is 0.672. The monoisotopic (exact) mass is 266 g/mol. The Morgan fingerprint density at radius 3 is 2.47 bits per heavy atom. The Bertz CT molecular complexity index is 506. The van der Waals surface area contributed by atoms with Crippen LogP contribution < -0.4 is 0 Å². The molecule has 0 aromatic heterocycles. The molecule has 0 unspecified atom stereocenters. The maximum absolute atomic E-state index is 12.2. The smallest absolute Gasteiger partial charge is 0.311 e. The number of carbonyl (C=O) groups excluding carboxylic acids is 1. The number of phenols is 1. The zero-order valence-electron chi connectivity index (χ0n) is 11.5. The van der Waals surface area contributed by atoms with E-state index in [0.717, 1.165) is 6.07 Å². The van der Waals surface area contributed by atoms with Crippen molar-refractivity contribution in [2.75, 3.05) is 13.6 Å². The molecule has 104 valence electrons. The van der Waals surface area contributed by atoms with Crippen LogP contribution in [0.3, 0.4) is 0 Å². The van der Waals surface area contributed by atoms with Crippen molar-refractivity contribution < 1.29 is 14.8 Å². The van der Waals surface area contributed by atoms with Gasteiger partial charge in [0, 0.05) is 19.7 Å². The van der Waals surface area contributed by atoms with Crippen molar-refractivity contribution in [3.8, 4) is 5.75 Å². The molecule has 0 aliphatic heterocycles. The van der Waals surface area contributed by atoms with Gasteiger partial charge in [-0.15, -0.1) is 0 Å². The normalized spacial score (nSPS) is 11.2. The van der Waals surface area contributed by atoms with E-state index in [1.165, 1.54) is 17.0 Å². The Labute approximate surface area is 111 Å². The maximum atomic E-state index is 12.2. The van der Waals surface area contributed by atoms with E-state index in [1.807, 2.05) is 20.8 Å². The van der Waals surface area contributed by atoms with Gasteiger partial charge in [0.25, 0.3) is 5.91 Å². The fourth-order valence-corrected chi connectivity index (χ4v) is 1.84. The predicted octanol–water partition coefficient (Wildman–Crippen LogP) is 2.42. The average molecular weight is 266 g/mol. The highest BCUT2D eigenvalue weighted by Gasteiger charge is 2.25. The molecule has 1 aromatic rings. The van der Waals surface area contributed by atoms with E-state index in [4.69, 9.17) is 0 Å². The van der Waals surface area contributed by atoms with Gasteiger partial charge in [-0.1, -0.05) is 26.8 Å². The molecule has 0 fully saturated rings. The van der Waals surface area contributed by atoms with Gasteiger partial charge in [0.15, 0.2) is 0 Å². The molecule has 0 spiro atoms. The lowest BCUT2D eigenvalue weighted by Gasteiger charge is -2.26. The summed E-state index contributed by atoms with van der Waals surface area (Å²) in [6.45, 7) is 6.41. The highest BCUT2D eigenvalue weighted by molar-refractivity contribution is 5.97. The van der Waals surface area contributed by atoms with Crippen LogP contribution in [0.15, 0.2) is 18.2 Å². The number of para-hydroxylation sites is 1. The molecule has 0 radical (unpaired) electrons. The first-order chi connectivity index (χ1) is 8.63. The number of hydrogen-bond acceptors (Lipinski definition) is 4. The number of benzene rings is 1. The molecule has 0 saturated heterocycles. The first-order valence-corrected chi connectivity index (χ1v) is 5.85. The molecule has 1 rings (SSSR count). The summed E-state index contributed by atoms with van der Waals surface area (Å²) in [5, 5.41) is 20.5. The van der Waals surface area contributed by atoms with Gasteiger partial charge in [-0.2, -0.15) is 0 Å². The summed E-state index contributed by atoms with van der Waals surface area (Å²) in [5.74, 6) is -1.02. The highest BCUT2D eigenvalue weighted by Crippen LogP contribution is 2.30. The molecule has 0 atom stereocenters. The van der Waals surface area contributed by atoms with Crippen molar-refractivity contribution in [1.82, 2.24) is 4.90 Å². The van der Waals surface area contributed by atoms with Gasteiger partial charge < -0.3 is 10.0 Å². The highest BCUT2D eigenvalue weighted by atomic mass is 16.6. The van der Waals surface area contributed by atoms with Crippen LogP contribution in [0.25, 0.3) is 0 Å². The standard InChI is InChI=1S/C13H18N2O4/c1-13(2,3)8-14(4)12(17)9-6-5-7-10(11(9)16)15(18)19/h5-7,16H,8H2,1-4H3. The minimum absolute atomic E-state index is 0.0547. The summed E-state index contributed by atoms with van der Waals surface area (Å²) in [6.07, 6.45) is 0. The van der Waals surface area contributed by atoms with Crippen LogP contribution in [0.4, 0.5) is 5.69 Å². The van der Waals surface area contributed by atoms with Crippen LogP contribution in [0.1, 0.15) is 31.1 Å². The number of amides is 1. The van der Waals surface area contributed by atoms with Crippen LogP contribution in [0.5, 0.6) is 5.75 Å². The molecule has 6 nitrogen and oxygen atoms in total. The van der Waals surface area contributed by atoms with Gasteiger partial charge in [-0.05, 0) is 11.5 Å². The van der Waals surface area contributed by atoms with Crippen LogP contribution in [-0.2, 0) is 0 Å². The number of nitrogens with zero attached hydrogens (tertiary/aromatic N) is 2. The third-order valence-electron chi connectivity index (χ3n) is 2.50. The number of rotatable bonds is 3. The predicted molar refractivity (Wildman–Crippen MR) is 71.2 cm³/mol. The zero-order chi connectivity index (χ0) is 14.8. The van der Waals surface area contributed by atoms with Gasteiger partial charge in [0.05, 0.1) is 10.5 Å². The number of nitro benzene ring substituents is 1. The Balaban J connectivity index is 3.07. The molecular weight excluding hydrogens is 248 g/mol. The lowest BCUT2D eigenvalue weighted by molar-refractivity contribution is -0.385. The van der Waals surface area contributed by atoms with E-state index in [-0.39, 0.29) is 11.0 Å². The summed E-state index contributed by atoms with van der Waals surface area (Å²) >= 11 is 0. The Hall–Kier alpha value is -2.11. The summed E-state index contributed by atoms with van der Waals surface area (Å²) in [7, 11) is 1.60. The van der Waals surface area contributed by atoms with Gasteiger partial charge in [0.1, 0.15) is 0 Å². The first kappa shape index (κ1) is 14.9. The summed E-state index contributed by atoms with van der Waals surface area (Å²) in [4.78, 5) is 23.6. The molecule has 1 amide bonds. The van der Waals surface area contributed by atoms with Crippen LogP contribution in [0.2, 0.25) is 0 Å². The number of phenolic OH excluding ortho intramolecular Hbond substituents is 1. The Morgan fingerprint density at radius 1 is 1.42 bits per heavy atom. The molecule has 0 bridgehead atoms. The van der Waals surface area contributed by atoms with Crippen molar-refractivity contribution >= 4 is 11.6 Å². The van der Waals surface area contributed by atoms with Gasteiger partial charge in [-0.3, -0.25) is 14.9 Å². The number of aromatic hydroxyl groups is 1. The second-order valence-electron chi connectivity index (χ2n) is 5.65. The lowest BCUT2D eigenvalue weighted by atomic mass is 9.96. The second-order valence-corrected chi connectivity index (χ2v) is 5.65. The SMILES string of the molecule is CN(CC(C)(C)C)C(=O)c1cccc([N+](=O)[O-])c1O. The second kappa shape index (κ2) is 5.26. The third kappa shape index (κ3) is 3.67. The van der Waals surface area contributed by atoms with Crippen LogP contribution >= 0.6 is 0 Å². The maximum Gasteiger partial charge on any atom is 0.311 e. The zero-order valence-corrected chi connectivity index (χ0v) is 11.5. The number of nitro groups is 1. The molecule has 1 N–H and O–H groups in total. The topological polar surface area (TPSA) is 83.7 Å². The fourth-order valence-electron chi connectivity index (χ4n) is 1.84. The van der Waals surface area contributed by atoms with E-state index in [1.54, 1.807) is 7.05 Å². The van der Waals surface area contributed by atoms with Crippen LogP contribution in [0, 0.1) is 15.5 Å². The fraction of sp³-hybridized carbons (Fsp3) is 0.462. The van der Waals surface area contributed by atoms with Crippen molar-refractivity contribution in [2.24, 2.45) is 5.41 Å². The summed E-state index contributed by atoms with van der Waals surface area (Å²) in [5.41, 5.74) is -0.614. The Morgan fingerprint density at radius 2 is 2.00 bits per heavy atom. The largest absolute Gasteiger partial charge is 0.502 e. The minimum atomic E-state index is -0.712. The molecule has 19 heavy (non-hydrogen) atoms. The van der Waals surface area contributed by atoms with Gasteiger partial charge >= 0.3 is 5.69 Å². The summed E-state index contributed by atoms with van der Waals surface area (Å²) < 4.78 is 0. The van der Waals surface area contributed by atoms with Crippen molar-refractivity contribution in [2.45, 2.75) is 20.8 Å². The third-order valence-corrected chi connectivity index (χ3v) is 2.50. The van der Waals surface area contributed by atoms with E-state index >= 15 is 0 Å². The van der Waals surface area contributed by atoms with E-state index in [2.05, 4.69) is 0 Å². The lowest BCUT2D eigenvalue weighted by Crippen LogP contribution is -2.34. The van der Waals surface area contributed by atoms with Crippen molar-refractivity contribution in [3.63, 3.8) is 0 Å². The average Bonchev–Trinajstić information content (AvgIpc) is 2.25. The molecule has 0 aliphatic carbocycles. The van der Waals surface area contributed by atoms with Crippen molar-refractivity contribution in [1.29, 1.82) is 0 Å². The van der Waals surface area contributed by atoms with Crippen molar-refractivity contribution in [3.05, 3.63) is 33.9 Å². The molecule has 0 heterocycles. The first-order valence-electron chi connectivity index (χ1n) is 5.85. The Kier molecular flexibility index (Phi) is 4.14. The number of carbonyl (C=O) groups is 1. The van der Waals surface area contributed by atoms with E-state index in [9.17, 15) is 20.0 Å². The molecular formula is C13H18N2O4. The van der Waals surface area contributed by atoms with Gasteiger partial charge in [0.2, 0.25) is 5.75 Å². The molecule has 0 aliphatic rings. The molecule has 1 aromatic carbocycles. The van der Waals surface area contributed by atoms with Gasteiger partial charge in [-0.25, -0.2) is 0 Å². The number of hydrogen-bond donors (Lipinski definition) is 1.